The Morgan fingerprint density at radius 3 is 2.62 bits per heavy atom. The van der Waals surface area contributed by atoms with Crippen molar-refractivity contribution in [3.63, 3.8) is 0 Å². The maximum absolute atomic E-state index is 12.7. The lowest BCUT2D eigenvalue weighted by molar-refractivity contribution is -0.131. The molecule has 0 aliphatic carbocycles. The number of piperazine rings is 1. The second-order valence-corrected chi connectivity index (χ2v) is 7.45. The molecule has 3 rings (SSSR count). The Labute approximate surface area is 155 Å². The summed E-state index contributed by atoms with van der Waals surface area (Å²) in [6.07, 6.45) is 2.33. The van der Waals surface area contributed by atoms with Crippen LogP contribution in [0, 0.1) is 6.92 Å². The van der Waals surface area contributed by atoms with E-state index in [4.69, 9.17) is 0 Å². The van der Waals surface area contributed by atoms with E-state index in [2.05, 4.69) is 40.9 Å². The molecular formula is C19H28N6O. The van der Waals surface area contributed by atoms with Crippen molar-refractivity contribution in [2.24, 2.45) is 7.05 Å². The lowest BCUT2D eigenvalue weighted by Gasteiger charge is -2.40. The highest BCUT2D eigenvalue weighted by Crippen LogP contribution is 2.19. The minimum atomic E-state index is 0.139. The first-order valence-electron chi connectivity index (χ1n) is 9.22. The van der Waals surface area contributed by atoms with Crippen LogP contribution >= 0.6 is 0 Å². The van der Waals surface area contributed by atoms with Crippen LogP contribution in [0.15, 0.2) is 18.3 Å². The summed E-state index contributed by atoms with van der Waals surface area (Å²) < 4.78 is 2.02. The van der Waals surface area contributed by atoms with E-state index in [0.29, 0.717) is 25.4 Å². The van der Waals surface area contributed by atoms with Crippen molar-refractivity contribution in [3.8, 4) is 0 Å². The van der Waals surface area contributed by atoms with Gasteiger partial charge in [-0.05, 0) is 26.0 Å². The summed E-state index contributed by atoms with van der Waals surface area (Å²) in [6.45, 7) is 10.4. The Hall–Kier alpha value is -2.44. The molecule has 1 aliphatic rings. The highest BCUT2D eigenvalue weighted by molar-refractivity contribution is 5.78. The fraction of sp³-hybridized carbons (Fsp3) is 0.579. The van der Waals surface area contributed by atoms with Gasteiger partial charge in [0, 0.05) is 44.8 Å². The fourth-order valence-electron chi connectivity index (χ4n) is 3.50. The van der Waals surface area contributed by atoms with Crippen molar-refractivity contribution in [2.75, 3.05) is 24.5 Å². The number of anilines is 1. The summed E-state index contributed by atoms with van der Waals surface area (Å²) in [7, 11) is 1.99. The van der Waals surface area contributed by atoms with E-state index >= 15 is 0 Å². The molecule has 1 saturated heterocycles. The second-order valence-electron chi connectivity index (χ2n) is 7.45. The highest BCUT2D eigenvalue weighted by atomic mass is 16.2. The molecule has 2 aromatic heterocycles. The first kappa shape index (κ1) is 18.4. The third-order valence-electron chi connectivity index (χ3n) is 4.87. The Kier molecular flexibility index (Phi) is 5.25. The van der Waals surface area contributed by atoms with Crippen LogP contribution in [0.25, 0.3) is 0 Å². The SMILES string of the molecule is Cc1ccc(N2CCN(C(=O)Cc3cn(C)c(C(C)C)n3)C[C@@H]2C)nn1. The van der Waals surface area contributed by atoms with Gasteiger partial charge in [0.1, 0.15) is 5.82 Å². The van der Waals surface area contributed by atoms with Crippen molar-refractivity contribution >= 4 is 11.7 Å². The molecule has 0 N–H and O–H groups in total. The minimum Gasteiger partial charge on any atom is -0.349 e. The number of hydrogen-bond donors (Lipinski definition) is 0. The van der Waals surface area contributed by atoms with Crippen LogP contribution < -0.4 is 4.90 Å². The van der Waals surface area contributed by atoms with E-state index in [9.17, 15) is 4.79 Å². The van der Waals surface area contributed by atoms with E-state index < -0.39 is 0 Å². The zero-order chi connectivity index (χ0) is 18.8. The number of rotatable bonds is 4. The molecule has 1 fully saturated rings. The average molecular weight is 356 g/mol. The van der Waals surface area contributed by atoms with Gasteiger partial charge in [-0.3, -0.25) is 4.79 Å². The molecular weight excluding hydrogens is 328 g/mol. The molecule has 140 valence electrons. The maximum Gasteiger partial charge on any atom is 0.228 e. The van der Waals surface area contributed by atoms with E-state index in [1.54, 1.807) is 0 Å². The zero-order valence-electron chi connectivity index (χ0n) is 16.3. The van der Waals surface area contributed by atoms with Crippen LogP contribution in [-0.2, 0) is 18.3 Å². The van der Waals surface area contributed by atoms with E-state index in [1.165, 1.54) is 0 Å². The van der Waals surface area contributed by atoms with Crippen molar-refractivity contribution in [2.45, 2.75) is 46.1 Å². The van der Waals surface area contributed by atoms with Gasteiger partial charge in [-0.2, -0.15) is 5.10 Å². The molecule has 0 spiro atoms. The third-order valence-corrected chi connectivity index (χ3v) is 4.87. The van der Waals surface area contributed by atoms with E-state index in [0.717, 1.165) is 29.6 Å². The summed E-state index contributed by atoms with van der Waals surface area (Å²) in [6, 6.07) is 4.18. The minimum absolute atomic E-state index is 0.139. The molecule has 7 nitrogen and oxygen atoms in total. The number of carbonyl (C=O) groups excluding carboxylic acids is 1. The summed E-state index contributed by atoms with van der Waals surface area (Å²) in [5, 5.41) is 8.42. The molecule has 26 heavy (non-hydrogen) atoms. The van der Waals surface area contributed by atoms with Crippen molar-refractivity contribution < 1.29 is 4.79 Å². The van der Waals surface area contributed by atoms with Gasteiger partial charge < -0.3 is 14.4 Å². The average Bonchev–Trinajstić information content (AvgIpc) is 2.96. The smallest absolute Gasteiger partial charge is 0.228 e. The van der Waals surface area contributed by atoms with Gasteiger partial charge in [0.15, 0.2) is 5.82 Å². The highest BCUT2D eigenvalue weighted by Gasteiger charge is 2.28. The molecule has 1 atom stereocenters. The predicted molar refractivity (Wildman–Crippen MR) is 101 cm³/mol. The number of amides is 1. The molecule has 2 aromatic rings. The number of hydrogen-bond acceptors (Lipinski definition) is 5. The van der Waals surface area contributed by atoms with Crippen LogP contribution in [0.2, 0.25) is 0 Å². The molecule has 0 saturated carbocycles. The Morgan fingerprint density at radius 1 is 1.27 bits per heavy atom. The number of aromatic nitrogens is 4. The van der Waals surface area contributed by atoms with Gasteiger partial charge >= 0.3 is 0 Å². The molecule has 1 amide bonds. The van der Waals surface area contributed by atoms with Crippen LogP contribution in [0.1, 0.15) is 43.9 Å². The summed E-state index contributed by atoms with van der Waals surface area (Å²) in [4.78, 5) is 21.5. The standard InChI is InChI=1S/C19H28N6O/c1-13(2)19-20-16(12-23(19)5)10-18(26)24-8-9-25(15(4)11-24)17-7-6-14(3)21-22-17/h6-7,12-13,15H,8-11H2,1-5H3/t15-/m0/s1. The number of carbonyl (C=O) groups is 1. The largest absolute Gasteiger partial charge is 0.349 e. The number of aryl methyl sites for hydroxylation is 2. The topological polar surface area (TPSA) is 67.2 Å². The summed E-state index contributed by atoms with van der Waals surface area (Å²) >= 11 is 0. The van der Waals surface area contributed by atoms with E-state index in [1.807, 2.05) is 41.8 Å². The van der Waals surface area contributed by atoms with Crippen LogP contribution in [0.3, 0.4) is 0 Å². The molecule has 3 heterocycles. The van der Waals surface area contributed by atoms with Crippen molar-refractivity contribution in [1.29, 1.82) is 0 Å². The Balaban J connectivity index is 1.62. The number of imidazole rings is 1. The lowest BCUT2D eigenvalue weighted by Crippen LogP contribution is -2.54. The maximum atomic E-state index is 12.7. The van der Waals surface area contributed by atoms with Crippen molar-refractivity contribution in [1.82, 2.24) is 24.6 Å². The Morgan fingerprint density at radius 2 is 2.04 bits per heavy atom. The quantitative estimate of drug-likeness (QED) is 0.837. The monoisotopic (exact) mass is 356 g/mol. The fourth-order valence-corrected chi connectivity index (χ4v) is 3.50. The van der Waals surface area contributed by atoms with Gasteiger partial charge in [0.05, 0.1) is 17.8 Å². The lowest BCUT2D eigenvalue weighted by atomic mass is 10.1. The normalized spacial score (nSPS) is 17.8. The predicted octanol–water partition coefficient (Wildman–Crippen LogP) is 1.92. The van der Waals surface area contributed by atoms with Gasteiger partial charge in [-0.1, -0.05) is 13.8 Å². The van der Waals surface area contributed by atoms with Gasteiger partial charge in [-0.25, -0.2) is 4.98 Å². The van der Waals surface area contributed by atoms with Gasteiger partial charge in [0.25, 0.3) is 0 Å². The van der Waals surface area contributed by atoms with Crippen molar-refractivity contribution in [3.05, 3.63) is 35.5 Å². The third kappa shape index (κ3) is 3.86. The number of nitrogens with zero attached hydrogens (tertiary/aromatic N) is 6. The molecule has 7 heteroatoms. The first-order valence-corrected chi connectivity index (χ1v) is 9.22. The second kappa shape index (κ2) is 7.43. The molecule has 0 unspecified atom stereocenters. The van der Waals surface area contributed by atoms with Crippen LogP contribution in [0.4, 0.5) is 5.82 Å². The van der Waals surface area contributed by atoms with Gasteiger partial charge in [0.2, 0.25) is 5.91 Å². The molecule has 0 radical (unpaired) electrons. The van der Waals surface area contributed by atoms with Crippen LogP contribution in [0.5, 0.6) is 0 Å². The first-order chi connectivity index (χ1) is 12.3. The molecule has 0 bridgehead atoms. The van der Waals surface area contributed by atoms with Gasteiger partial charge in [-0.15, -0.1) is 5.10 Å². The molecule has 0 aromatic carbocycles. The Bertz CT molecular complexity index is 767. The van der Waals surface area contributed by atoms with E-state index in [-0.39, 0.29) is 11.9 Å². The summed E-state index contributed by atoms with van der Waals surface area (Å²) in [5.41, 5.74) is 1.76. The zero-order valence-corrected chi connectivity index (χ0v) is 16.3. The van der Waals surface area contributed by atoms with Crippen LogP contribution in [-0.4, -0.2) is 56.2 Å². The molecule has 1 aliphatic heterocycles. The summed E-state index contributed by atoms with van der Waals surface area (Å²) in [5.74, 6) is 2.38.